The average molecular weight is 411 g/mol. The molecule has 8 heteroatoms. The molecule has 2 fully saturated rings. The molecule has 1 amide bonds. The van der Waals surface area contributed by atoms with Crippen LogP contribution in [0.3, 0.4) is 0 Å². The third kappa shape index (κ3) is 4.44. The van der Waals surface area contributed by atoms with E-state index in [0.717, 1.165) is 11.1 Å². The van der Waals surface area contributed by atoms with Crippen molar-refractivity contribution in [2.75, 3.05) is 59.0 Å². The first kappa shape index (κ1) is 20.6. The van der Waals surface area contributed by atoms with Gasteiger partial charge in [0.05, 0.1) is 26.3 Å². The topological polar surface area (TPSA) is 36.0 Å². The monoisotopic (exact) mass is 411 g/mol. The highest BCUT2D eigenvalue weighted by atomic mass is 19.4. The van der Waals surface area contributed by atoms with Crippen molar-refractivity contribution in [3.63, 3.8) is 0 Å². The molecule has 3 aliphatic heterocycles. The first-order valence-corrected chi connectivity index (χ1v) is 10.4. The molecule has 0 aromatic heterocycles. The summed E-state index contributed by atoms with van der Waals surface area (Å²) in [5, 5.41) is 0. The second-order valence-corrected chi connectivity index (χ2v) is 8.24. The van der Waals surface area contributed by atoms with Gasteiger partial charge in [0.25, 0.3) is 0 Å². The number of hydrogen-bond acceptors (Lipinski definition) is 4. The Morgan fingerprint density at radius 1 is 1.03 bits per heavy atom. The zero-order valence-corrected chi connectivity index (χ0v) is 16.6. The summed E-state index contributed by atoms with van der Waals surface area (Å²) in [6.07, 6.45) is -2.36. The number of carbonyl (C=O) groups excluding carboxylic acids is 1. The van der Waals surface area contributed by atoms with Gasteiger partial charge in [0, 0.05) is 38.3 Å². The number of carbonyl (C=O) groups is 1. The fraction of sp³-hybridized carbons (Fsp3) is 0.667. The quantitative estimate of drug-likeness (QED) is 0.765. The molecule has 3 heterocycles. The molecule has 1 spiro atoms. The standard InChI is InChI=1S/C21H28F3N3O2/c22-21(23,24)16-27-8-5-17-3-1-2-4-18(17)20(27)6-9-25(10-7-20)15-19(28)26-11-13-29-14-12-26/h1-4H,5-16H2. The second-order valence-electron chi connectivity index (χ2n) is 8.24. The van der Waals surface area contributed by atoms with Crippen LogP contribution in [0.2, 0.25) is 0 Å². The number of rotatable bonds is 3. The number of amides is 1. The predicted octanol–water partition coefficient (Wildman–Crippen LogP) is 2.26. The molecule has 0 aliphatic carbocycles. The molecule has 3 aliphatic rings. The third-order valence-corrected chi connectivity index (χ3v) is 6.55. The van der Waals surface area contributed by atoms with Crippen molar-refractivity contribution >= 4 is 5.91 Å². The van der Waals surface area contributed by atoms with Gasteiger partial charge in [-0.3, -0.25) is 14.6 Å². The summed E-state index contributed by atoms with van der Waals surface area (Å²) in [5.41, 5.74) is 1.60. The number of ether oxygens (including phenoxy) is 1. The third-order valence-electron chi connectivity index (χ3n) is 6.55. The normalized spacial score (nSPS) is 23.2. The Labute approximate surface area is 169 Å². The Morgan fingerprint density at radius 3 is 2.41 bits per heavy atom. The van der Waals surface area contributed by atoms with Crippen LogP contribution in [0.25, 0.3) is 0 Å². The van der Waals surface area contributed by atoms with E-state index in [2.05, 4.69) is 4.90 Å². The van der Waals surface area contributed by atoms with Gasteiger partial charge < -0.3 is 9.64 Å². The van der Waals surface area contributed by atoms with Crippen LogP contribution in [-0.4, -0.2) is 85.8 Å². The van der Waals surface area contributed by atoms with Crippen LogP contribution in [0.1, 0.15) is 24.0 Å². The number of benzene rings is 1. The van der Waals surface area contributed by atoms with E-state index in [1.54, 1.807) is 4.90 Å². The molecule has 160 valence electrons. The van der Waals surface area contributed by atoms with Crippen molar-refractivity contribution in [3.05, 3.63) is 35.4 Å². The molecule has 0 bridgehead atoms. The number of alkyl halides is 3. The van der Waals surface area contributed by atoms with Gasteiger partial charge in [0.2, 0.25) is 5.91 Å². The van der Waals surface area contributed by atoms with Crippen LogP contribution >= 0.6 is 0 Å². The van der Waals surface area contributed by atoms with E-state index in [1.807, 2.05) is 29.2 Å². The van der Waals surface area contributed by atoms with Crippen LogP contribution in [0.5, 0.6) is 0 Å². The minimum absolute atomic E-state index is 0.0837. The Balaban J connectivity index is 1.48. The van der Waals surface area contributed by atoms with Crippen LogP contribution < -0.4 is 0 Å². The molecular formula is C21H28F3N3O2. The lowest BCUT2D eigenvalue weighted by Gasteiger charge is -2.52. The first-order valence-electron chi connectivity index (χ1n) is 10.4. The van der Waals surface area contributed by atoms with Crippen molar-refractivity contribution in [2.24, 2.45) is 0 Å². The van der Waals surface area contributed by atoms with Gasteiger partial charge in [0.1, 0.15) is 0 Å². The second kappa shape index (κ2) is 8.24. The van der Waals surface area contributed by atoms with E-state index in [1.165, 1.54) is 0 Å². The van der Waals surface area contributed by atoms with Crippen molar-refractivity contribution in [1.29, 1.82) is 0 Å². The van der Waals surface area contributed by atoms with Gasteiger partial charge in [0.15, 0.2) is 0 Å². The number of piperidine rings is 1. The lowest BCUT2D eigenvalue weighted by molar-refractivity contribution is -0.167. The summed E-state index contributed by atoms with van der Waals surface area (Å²) < 4.78 is 45.2. The minimum atomic E-state index is -4.22. The average Bonchev–Trinajstić information content (AvgIpc) is 2.72. The summed E-state index contributed by atoms with van der Waals surface area (Å²) >= 11 is 0. The molecule has 0 saturated carbocycles. The Morgan fingerprint density at radius 2 is 1.72 bits per heavy atom. The van der Waals surface area contributed by atoms with Gasteiger partial charge in [-0.05, 0) is 30.4 Å². The number of hydrogen-bond donors (Lipinski definition) is 0. The summed E-state index contributed by atoms with van der Waals surface area (Å²) in [7, 11) is 0. The summed E-state index contributed by atoms with van der Waals surface area (Å²) in [6.45, 7) is 3.48. The summed E-state index contributed by atoms with van der Waals surface area (Å²) in [5.74, 6) is 0.0837. The smallest absolute Gasteiger partial charge is 0.378 e. The van der Waals surface area contributed by atoms with Gasteiger partial charge in [-0.15, -0.1) is 0 Å². The molecule has 0 radical (unpaired) electrons. The highest BCUT2D eigenvalue weighted by Crippen LogP contribution is 2.44. The fourth-order valence-corrected chi connectivity index (χ4v) is 5.05. The number of halogens is 3. The molecule has 5 nitrogen and oxygen atoms in total. The molecule has 29 heavy (non-hydrogen) atoms. The maximum Gasteiger partial charge on any atom is 0.401 e. The number of fused-ring (bicyclic) bond motifs is 2. The van der Waals surface area contributed by atoms with E-state index in [4.69, 9.17) is 4.74 Å². The fourth-order valence-electron chi connectivity index (χ4n) is 5.05. The van der Waals surface area contributed by atoms with E-state index >= 15 is 0 Å². The summed E-state index contributed by atoms with van der Waals surface area (Å²) in [6, 6.07) is 7.91. The van der Waals surface area contributed by atoms with Crippen molar-refractivity contribution in [1.82, 2.24) is 14.7 Å². The van der Waals surface area contributed by atoms with Crippen molar-refractivity contribution in [2.45, 2.75) is 31.0 Å². The van der Waals surface area contributed by atoms with Crippen LogP contribution in [0, 0.1) is 0 Å². The zero-order valence-electron chi connectivity index (χ0n) is 16.6. The molecule has 0 atom stereocenters. The van der Waals surface area contributed by atoms with Gasteiger partial charge >= 0.3 is 6.18 Å². The number of nitrogens with zero attached hydrogens (tertiary/aromatic N) is 3. The Bertz CT molecular complexity index is 726. The van der Waals surface area contributed by atoms with Gasteiger partial charge in [-0.2, -0.15) is 13.2 Å². The maximum atomic E-state index is 13.3. The van der Waals surface area contributed by atoms with E-state index < -0.39 is 18.3 Å². The highest BCUT2D eigenvalue weighted by Gasteiger charge is 2.48. The largest absolute Gasteiger partial charge is 0.401 e. The SMILES string of the molecule is O=C(CN1CCC2(CC1)c1ccccc1CCN2CC(F)(F)F)N1CCOCC1. The van der Waals surface area contributed by atoms with E-state index in [-0.39, 0.29) is 5.91 Å². The lowest BCUT2D eigenvalue weighted by Crippen LogP contribution is -2.59. The molecular weight excluding hydrogens is 383 g/mol. The van der Waals surface area contributed by atoms with Crippen molar-refractivity contribution < 1.29 is 22.7 Å². The van der Waals surface area contributed by atoms with E-state index in [0.29, 0.717) is 71.7 Å². The highest BCUT2D eigenvalue weighted by molar-refractivity contribution is 5.78. The zero-order chi connectivity index (χ0) is 20.5. The Hall–Kier alpha value is -1.64. The van der Waals surface area contributed by atoms with Crippen LogP contribution in [0.4, 0.5) is 13.2 Å². The molecule has 4 rings (SSSR count). The maximum absolute atomic E-state index is 13.3. The lowest BCUT2D eigenvalue weighted by atomic mass is 9.74. The van der Waals surface area contributed by atoms with Gasteiger partial charge in [-0.1, -0.05) is 24.3 Å². The Kier molecular flexibility index (Phi) is 5.86. The number of likely N-dealkylation sites (tertiary alicyclic amines) is 1. The number of morpholine rings is 1. The molecule has 0 unspecified atom stereocenters. The molecule has 1 aromatic carbocycles. The first-order chi connectivity index (χ1) is 13.9. The van der Waals surface area contributed by atoms with Crippen molar-refractivity contribution in [3.8, 4) is 0 Å². The van der Waals surface area contributed by atoms with E-state index in [9.17, 15) is 18.0 Å². The van der Waals surface area contributed by atoms with Crippen LogP contribution in [0.15, 0.2) is 24.3 Å². The predicted molar refractivity (Wildman–Crippen MR) is 103 cm³/mol. The minimum Gasteiger partial charge on any atom is -0.378 e. The van der Waals surface area contributed by atoms with Crippen LogP contribution in [-0.2, 0) is 21.5 Å². The molecule has 1 aromatic rings. The summed E-state index contributed by atoms with van der Waals surface area (Å²) in [4.78, 5) is 18.1. The van der Waals surface area contributed by atoms with Gasteiger partial charge in [-0.25, -0.2) is 0 Å². The molecule has 0 N–H and O–H groups in total. The molecule has 2 saturated heterocycles.